The van der Waals surface area contributed by atoms with E-state index in [1.807, 2.05) is 6.92 Å². The van der Waals surface area contributed by atoms with Crippen molar-refractivity contribution in [1.29, 1.82) is 0 Å². The Kier molecular flexibility index (Phi) is 5.02. The standard InChI is InChI=1S/C10H20O4S/c1-9(8-13-15(2,11)12)14-10-6-4-3-5-7-10/h9-10H,3-8H2,1-2H3. The summed E-state index contributed by atoms with van der Waals surface area (Å²) in [6.07, 6.45) is 7.08. The van der Waals surface area contributed by atoms with E-state index in [1.165, 1.54) is 19.3 Å². The predicted octanol–water partition coefficient (Wildman–Crippen LogP) is 1.70. The Bertz CT molecular complexity index is 267. The molecule has 0 spiro atoms. The van der Waals surface area contributed by atoms with Gasteiger partial charge in [0.1, 0.15) is 0 Å². The lowest BCUT2D eigenvalue weighted by Gasteiger charge is -2.25. The second kappa shape index (κ2) is 5.82. The number of rotatable bonds is 5. The molecular formula is C10H20O4S. The Labute approximate surface area is 92.1 Å². The smallest absolute Gasteiger partial charge is 0.264 e. The van der Waals surface area contributed by atoms with Crippen LogP contribution in [0.15, 0.2) is 0 Å². The van der Waals surface area contributed by atoms with E-state index < -0.39 is 10.1 Å². The molecule has 1 fully saturated rings. The molecule has 5 heteroatoms. The molecule has 90 valence electrons. The monoisotopic (exact) mass is 236 g/mol. The summed E-state index contributed by atoms with van der Waals surface area (Å²) < 4.78 is 31.9. The molecule has 0 radical (unpaired) electrons. The van der Waals surface area contributed by atoms with Crippen LogP contribution < -0.4 is 0 Å². The van der Waals surface area contributed by atoms with E-state index in [0.29, 0.717) is 0 Å². The molecular weight excluding hydrogens is 216 g/mol. The lowest BCUT2D eigenvalue weighted by Crippen LogP contribution is -2.26. The maximum absolute atomic E-state index is 10.8. The molecule has 1 rings (SSSR count). The first kappa shape index (κ1) is 12.9. The minimum absolute atomic E-state index is 0.120. The second-order valence-corrected chi connectivity index (χ2v) is 5.84. The first-order chi connectivity index (χ1) is 6.97. The van der Waals surface area contributed by atoms with Crippen LogP contribution in [0.2, 0.25) is 0 Å². The SMILES string of the molecule is CC(COS(C)(=O)=O)OC1CCCCC1. The quantitative estimate of drug-likeness (QED) is 0.682. The molecule has 0 N–H and O–H groups in total. The van der Waals surface area contributed by atoms with Crippen molar-refractivity contribution in [3.63, 3.8) is 0 Å². The zero-order valence-corrected chi connectivity index (χ0v) is 10.3. The van der Waals surface area contributed by atoms with Crippen LogP contribution in [-0.2, 0) is 19.0 Å². The van der Waals surface area contributed by atoms with E-state index in [-0.39, 0.29) is 18.8 Å². The molecule has 0 heterocycles. The van der Waals surface area contributed by atoms with Gasteiger partial charge in [-0.25, -0.2) is 0 Å². The van der Waals surface area contributed by atoms with Crippen molar-refractivity contribution in [2.45, 2.75) is 51.2 Å². The van der Waals surface area contributed by atoms with E-state index in [0.717, 1.165) is 19.1 Å². The molecule has 1 atom stereocenters. The van der Waals surface area contributed by atoms with Crippen molar-refractivity contribution in [1.82, 2.24) is 0 Å². The van der Waals surface area contributed by atoms with Crippen LogP contribution in [0.4, 0.5) is 0 Å². The highest BCUT2D eigenvalue weighted by molar-refractivity contribution is 7.85. The van der Waals surface area contributed by atoms with Crippen LogP contribution >= 0.6 is 0 Å². The van der Waals surface area contributed by atoms with E-state index in [1.54, 1.807) is 0 Å². The Hall–Kier alpha value is -0.130. The fraction of sp³-hybridized carbons (Fsp3) is 1.00. The average molecular weight is 236 g/mol. The van der Waals surface area contributed by atoms with Gasteiger partial charge in [0.2, 0.25) is 0 Å². The zero-order valence-electron chi connectivity index (χ0n) is 9.44. The third kappa shape index (κ3) is 6.12. The Morgan fingerprint density at radius 2 is 1.87 bits per heavy atom. The largest absolute Gasteiger partial charge is 0.373 e. The van der Waals surface area contributed by atoms with Gasteiger partial charge >= 0.3 is 0 Å². The summed E-state index contributed by atoms with van der Waals surface area (Å²) in [5, 5.41) is 0. The summed E-state index contributed by atoms with van der Waals surface area (Å²) in [5.74, 6) is 0. The van der Waals surface area contributed by atoms with Crippen molar-refractivity contribution in [3.05, 3.63) is 0 Å². The topological polar surface area (TPSA) is 52.6 Å². The molecule has 0 aromatic heterocycles. The molecule has 0 aromatic rings. The van der Waals surface area contributed by atoms with Crippen LogP contribution in [0.5, 0.6) is 0 Å². The zero-order chi connectivity index (χ0) is 11.3. The summed E-state index contributed by atoms with van der Waals surface area (Å²) in [6, 6.07) is 0. The number of hydrogen-bond donors (Lipinski definition) is 0. The summed E-state index contributed by atoms with van der Waals surface area (Å²) in [5.41, 5.74) is 0. The van der Waals surface area contributed by atoms with Gasteiger partial charge in [-0.05, 0) is 19.8 Å². The van der Waals surface area contributed by atoms with Gasteiger partial charge in [-0.15, -0.1) is 0 Å². The first-order valence-corrected chi connectivity index (χ1v) is 7.29. The summed E-state index contributed by atoms with van der Waals surface area (Å²) in [6.45, 7) is 1.97. The first-order valence-electron chi connectivity index (χ1n) is 5.47. The molecule has 1 aliphatic carbocycles. The summed E-state index contributed by atoms with van der Waals surface area (Å²) in [4.78, 5) is 0. The van der Waals surface area contributed by atoms with Crippen molar-refractivity contribution < 1.29 is 17.3 Å². The van der Waals surface area contributed by atoms with Gasteiger partial charge in [0, 0.05) is 0 Å². The van der Waals surface area contributed by atoms with Crippen LogP contribution in [-0.4, -0.2) is 33.5 Å². The molecule has 1 aliphatic rings. The third-order valence-electron chi connectivity index (χ3n) is 2.49. The summed E-state index contributed by atoms with van der Waals surface area (Å²) >= 11 is 0. The van der Waals surface area contributed by atoms with Gasteiger partial charge in [0.15, 0.2) is 0 Å². The Morgan fingerprint density at radius 1 is 1.27 bits per heavy atom. The third-order valence-corrected chi connectivity index (χ3v) is 3.06. The molecule has 0 amide bonds. The molecule has 4 nitrogen and oxygen atoms in total. The number of hydrogen-bond acceptors (Lipinski definition) is 4. The lowest BCUT2D eigenvalue weighted by atomic mass is 9.98. The van der Waals surface area contributed by atoms with Gasteiger partial charge in [0.05, 0.1) is 25.1 Å². The van der Waals surface area contributed by atoms with E-state index in [2.05, 4.69) is 4.18 Å². The highest BCUT2D eigenvalue weighted by Gasteiger charge is 2.17. The fourth-order valence-electron chi connectivity index (χ4n) is 1.79. The van der Waals surface area contributed by atoms with Crippen molar-refractivity contribution >= 4 is 10.1 Å². The van der Waals surface area contributed by atoms with Crippen molar-refractivity contribution in [2.24, 2.45) is 0 Å². The van der Waals surface area contributed by atoms with Crippen LogP contribution in [0.1, 0.15) is 39.0 Å². The van der Waals surface area contributed by atoms with Crippen LogP contribution in [0.3, 0.4) is 0 Å². The van der Waals surface area contributed by atoms with Crippen molar-refractivity contribution in [2.75, 3.05) is 12.9 Å². The minimum Gasteiger partial charge on any atom is -0.373 e. The maximum atomic E-state index is 10.8. The molecule has 0 aliphatic heterocycles. The normalized spacial score (nSPS) is 21.5. The maximum Gasteiger partial charge on any atom is 0.264 e. The molecule has 0 aromatic carbocycles. The van der Waals surface area contributed by atoms with Gasteiger partial charge in [-0.2, -0.15) is 8.42 Å². The molecule has 0 bridgehead atoms. The van der Waals surface area contributed by atoms with Gasteiger partial charge in [0.25, 0.3) is 10.1 Å². The molecule has 0 saturated heterocycles. The second-order valence-electron chi connectivity index (χ2n) is 4.20. The average Bonchev–Trinajstić information content (AvgIpc) is 2.15. The molecule has 1 saturated carbocycles. The highest BCUT2D eigenvalue weighted by atomic mass is 32.2. The fourth-order valence-corrected chi connectivity index (χ4v) is 2.23. The van der Waals surface area contributed by atoms with Crippen LogP contribution in [0, 0.1) is 0 Å². The molecule has 1 unspecified atom stereocenters. The van der Waals surface area contributed by atoms with Crippen molar-refractivity contribution in [3.8, 4) is 0 Å². The lowest BCUT2D eigenvalue weighted by molar-refractivity contribution is -0.0382. The predicted molar refractivity (Wildman–Crippen MR) is 58.2 cm³/mol. The van der Waals surface area contributed by atoms with E-state index in [9.17, 15) is 8.42 Å². The molecule has 15 heavy (non-hydrogen) atoms. The van der Waals surface area contributed by atoms with Gasteiger partial charge in [-0.1, -0.05) is 19.3 Å². The van der Waals surface area contributed by atoms with Crippen LogP contribution in [0.25, 0.3) is 0 Å². The van der Waals surface area contributed by atoms with Gasteiger partial charge in [-0.3, -0.25) is 4.18 Å². The highest BCUT2D eigenvalue weighted by Crippen LogP contribution is 2.21. The van der Waals surface area contributed by atoms with Gasteiger partial charge < -0.3 is 4.74 Å². The van der Waals surface area contributed by atoms with E-state index in [4.69, 9.17) is 4.74 Å². The Balaban J connectivity index is 2.20. The Morgan fingerprint density at radius 3 is 2.40 bits per heavy atom. The number of ether oxygens (including phenoxy) is 1. The summed E-state index contributed by atoms with van der Waals surface area (Å²) in [7, 11) is -3.34. The van der Waals surface area contributed by atoms with E-state index >= 15 is 0 Å². The minimum atomic E-state index is -3.34.